The third-order valence-corrected chi connectivity index (χ3v) is 5.10. The van der Waals surface area contributed by atoms with Crippen LogP contribution in [0.2, 0.25) is 0 Å². The third kappa shape index (κ3) is 4.37. The van der Waals surface area contributed by atoms with Crippen molar-refractivity contribution in [2.24, 2.45) is 5.92 Å². The lowest BCUT2D eigenvalue weighted by Crippen LogP contribution is -2.34. The first kappa shape index (κ1) is 19.8. The summed E-state index contributed by atoms with van der Waals surface area (Å²) in [4.78, 5) is 40.8. The van der Waals surface area contributed by atoms with E-state index >= 15 is 0 Å². The highest BCUT2D eigenvalue weighted by molar-refractivity contribution is 5.94. The van der Waals surface area contributed by atoms with Crippen molar-refractivity contribution in [3.63, 3.8) is 0 Å². The lowest BCUT2D eigenvalue weighted by Gasteiger charge is -2.16. The molecular formula is C22H21FN4O3. The number of aromatic nitrogens is 2. The molecular weight excluding hydrogens is 387 g/mol. The lowest BCUT2D eigenvalue weighted by molar-refractivity contribution is -0.122. The van der Waals surface area contributed by atoms with Crippen LogP contribution in [0.5, 0.6) is 0 Å². The normalized spacial score (nSPS) is 14.3. The van der Waals surface area contributed by atoms with Crippen molar-refractivity contribution in [2.75, 3.05) is 5.32 Å². The Labute approximate surface area is 171 Å². The number of benzene rings is 2. The summed E-state index contributed by atoms with van der Waals surface area (Å²) >= 11 is 0. The monoisotopic (exact) mass is 408 g/mol. The van der Waals surface area contributed by atoms with Gasteiger partial charge in [0.15, 0.2) is 0 Å². The summed E-state index contributed by atoms with van der Waals surface area (Å²) < 4.78 is 14.6. The van der Waals surface area contributed by atoms with E-state index in [2.05, 4.69) is 15.6 Å². The first-order valence-electron chi connectivity index (χ1n) is 9.75. The maximum atomic E-state index is 13.4. The molecule has 154 valence electrons. The molecule has 1 aromatic heterocycles. The molecule has 3 aromatic rings. The van der Waals surface area contributed by atoms with E-state index < -0.39 is 11.4 Å². The van der Waals surface area contributed by atoms with E-state index in [1.807, 2.05) is 19.1 Å². The van der Waals surface area contributed by atoms with E-state index in [0.29, 0.717) is 5.52 Å². The van der Waals surface area contributed by atoms with Crippen LogP contribution >= 0.6 is 0 Å². The van der Waals surface area contributed by atoms with Gasteiger partial charge in [-0.15, -0.1) is 0 Å². The van der Waals surface area contributed by atoms with Crippen LogP contribution in [0, 0.1) is 11.7 Å². The van der Waals surface area contributed by atoms with Crippen LogP contribution in [0.25, 0.3) is 10.9 Å². The standard InChI is InChI=1S/C22H21FN4O3/c1-13(14-4-7-17(8-5-14)26-21(29)15-2-3-15)25-20(28)11-27-12-24-19-9-6-16(23)10-18(19)22(27)30/h4-10,12-13,15H,2-3,11H2,1H3,(H,25,28)(H,26,29). The quantitative estimate of drug-likeness (QED) is 0.656. The van der Waals surface area contributed by atoms with E-state index in [9.17, 15) is 18.8 Å². The number of carbonyl (C=O) groups excluding carboxylic acids is 2. The zero-order valence-corrected chi connectivity index (χ0v) is 16.4. The highest BCUT2D eigenvalue weighted by atomic mass is 19.1. The molecule has 0 spiro atoms. The van der Waals surface area contributed by atoms with Crippen molar-refractivity contribution in [3.8, 4) is 0 Å². The summed E-state index contributed by atoms with van der Waals surface area (Å²) in [5.74, 6) is -0.729. The molecule has 1 atom stereocenters. The smallest absolute Gasteiger partial charge is 0.261 e. The minimum atomic E-state index is -0.533. The van der Waals surface area contributed by atoms with Crippen molar-refractivity contribution in [2.45, 2.75) is 32.4 Å². The largest absolute Gasteiger partial charge is 0.348 e. The molecule has 1 aliphatic carbocycles. The number of hydrogen-bond donors (Lipinski definition) is 2. The van der Waals surface area contributed by atoms with E-state index in [-0.39, 0.29) is 35.7 Å². The minimum Gasteiger partial charge on any atom is -0.348 e. The second-order valence-electron chi connectivity index (χ2n) is 7.51. The van der Waals surface area contributed by atoms with Crippen LogP contribution < -0.4 is 16.2 Å². The number of nitrogens with zero attached hydrogens (tertiary/aromatic N) is 2. The Balaban J connectivity index is 1.40. The molecule has 2 N–H and O–H groups in total. The van der Waals surface area contributed by atoms with Crippen molar-refractivity contribution >= 4 is 28.4 Å². The molecule has 1 aliphatic rings. The van der Waals surface area contributed by atoms with Crippen LogP contribution in [0.1, 0.15) is 31.4 Å². The van der Waals surface area contributed by atoms with Gasteiger partial charge in [0, 0.05) is 11.6 Å². The van der Waals surface area contributed by atoms with Crippen molar-refractivity contribution in [1.82, 2.24) is 14.9 Å². The average Bonchev–Trinajstić information content (AvgIpc) is 3.56. The summed E-state index contributed by atoms with van der Waals surface area (Å²) in [5.41, 5.74) is 1.48. The maximum Gasteiger partial charge on any atom is 0.261 e. The van der Waals surface area contributed by atoms with Crippen molar-refractivity contribution in [3.05, 3.63) is 70.5 Å². The molecule has 7 nitrogen and oxygen atoms in total. The highest BCUT2D eigenvalue weighted by Crippen LogP contribution is 2.30. The Hall–Kier alpha value is -3.55. The summed E-state index contributed by atoms with van der Waals surface area (Å²) in [7, 11) is 0. The zero-order valence-electron chi connectivity index (χ0n) is 16.4. The van der Waals surface area contributed by atoms with Gasteiger partial charge in [0.1, 0.15) is 12.4 Å². The van der Waals surface area contributed by atoms with Gasteiger partial charge < -0.3 is 10.6 Å². The van der Waals surface area contributed by atoms with Crippen molar-refractivity contribution < 1.29 is 14.0 Å². The molecule has 8 heteroatoms. The van der Waals surface area contributed by atoms with Crippen LogP contribution in [-0.4, -0.2) is 21.4 Å². The second-order valence-corrected chi connectivity index (χ2v) is 7.51. The fourth-order valence-electron chi connectivity index (χ4n) is 3.21. The van der Waals surface area contributed by atoms with Gasteiger partial charge in [-0.25, -0.2) is 9.37 Å². The van der Waals surface area contributed by atoms with Gasteiger partial charge in [-0.1, -0.05) is 12.1 Å². The van der Waals surface area contributed by atoms with Gasteiger partial charge in [0.05, 0.1) is 23.3 Å². The molecule has 1 fully saturated rings. The van der Waals surface area contributed by atoms with E-state index in [1.165, 1.54) is 18.5 Å². The van der Waals surface area contributed by atoms with Gasteiger partial charge in [0.2, 0.25) is 11.8 Å². The molecule has 0 bridgehead atoms. The molecule has 2 amide bonds. The zero-order chi connectivity index (χ0) is 21.3. The fourth-order valence-corrected chi connectivity index (χ4v) is 3.21. The summed E-state index contributed by atoms with van der Waals surface area (Å²) in [6.45, 7) is 1.60. The van der Waals surface area contributed by atoms with Crippen LogP contribution in [0.3, 0.4) is 0 Å². The number of anilines is 1. The Bertz CT molecular complexity index is 1170. The third-order valence-electron chi connectivity index (χ3n) is 5.10. The molecule has 0 radical (unpaired) electrons. The number of carbonyl (C=O) groups is 2. The summed E-state index contributed by atoms with van der Waals surface area (Å²) in [5, 5.41) is 5.83. The van der Waals surface area contributed by atoms with E-state index in [0.717, 1.165) is 34.7 Å². The predicted molar refractivity (Wildman–Crippen MR) is 110 cm³/mol. The average molecular weight is 408 g/mol. The Kier molecular flexibility index (Phi) is 5.31. The first-order valence-corrected chi connectivity index (χ1v) is 9.75. The number of rotatable bonds is 6. The van der Waals surface area contributed by atoms with E-state index in [1.54, 1.807) is 12.1 Å². The van der Waals surface area contributed by atoms with Gasteiger partial charge in [0.25, 0.3) is 5.56 Å². The molecule has 0 aliphatic heterocycles. The second kappa shape index (κ2) is 8.06. The highest BCUT2D eigenvalue weighted by Gasteiger charge is 2.29. The van der Waals surface area contributed by atoms with Crippen molar-refractivity contribution in [1.29, 1.82) is 0 Å². The summed E-state index contributed by atoms with van der Waals surface area (Å²) in [6, 6.07) is 10.7. The number of amides is 2. The number of fused-ring (bicyclic) bond motifs is 1. The minimum absolute atomic E-state index is 0.0402. The van der Waals surface area contributed by atoms with Gasteiger partial charge in [-0.2, -0.15) is 0 Å². The Morgan fingerprint density at radius 1 is 1.20 bits per heavy atom. The molecule has 1 unspecified atom stereocenters. The predicted octanol–water partition coefficient (Wildman–Crippen LogP) is 2.76. The molecule has 0 saturated heterocycles. The molecule has 2 aromatic carbocycles. The van der Waals surface area contributed by atoms with Crippen LogP contribution in [-0.2, 0) is 16.1 Å². The molecule has 1 saturated carbocycles. The lowest BCUT2D eigenvalue weighted by atomic mass is 10.1. The van der Waals surface area contributed by atoms with Gasteiger partial charge in [-0.3, -0.25) is 19.0 Å². The Morgan fingerprint density at radius 2 is 1.93 bits per heavy atom. The summed E-state index contributed by atoms with van der Waals surface area (Å²) in [6.07, 6.45) is 3.17. The molecule has 1 heterocycles. The number of nitrogens with one attached hydrogen (secondary N) is 2. The van der Waals surface area contributed by atoms with Gasteiger partial charge >= 0.3 is 0 Å². The van der Waals surface area contributed by atoms with Gasteiger partial charge in [-0.05, 0) is 55.7 Å². The maximum absolute atomic E-state index is 13.4. The molecule has 30 heavy (non-hydrogen) atoms. The first-order chi connectivity index (χ1) is 14.4. The van der Waals surface area contributed by atoms with Crippen LogP contribution in [0.15, 0.2) is 53.6 Å². The fraction of sp³-hybridized carbons (Fsp3) is 0.273. The topological polar surface area (TPSA) is 93.1 Å². The number of hydrogen-bond acceptors (Lipinski definition) is 4. The van der Waals surface area contributed by atoms with Crippen LogP contribution in [0.4, 0.5) is 10.1 Å². The number of halogens is 1. The SMILES string of the molecule is CC(NC(=O)Cn1cnc2ccc(F)cc2c1=O)c1ccc(NC(=O)C2CC2)cc1. The molecule has 4 rings (SSSR count). The van der Waals surface area contributed by atoms with E-state index in [4.69, 9.17) is 0 Å². The Morgan fingerprint density at radius 3 is 2.63 bits per heavy atom.